The van der Waals surface area contributed by atoms with E-state index in [0.29, 0.717) is 0 Å². The zero-order chi connectivity index (χ0) is 16.1. The van der Waals surface area contributed by atoms with Crippen molar-refractivity contribution in [3.8, 4) is 0 Å². The lowest BCUT2D eigenvalue weighted by Crippen LogP contribution is -2.37. The molecule has 6 heteroatoms. The van der Waals surface area contributed by atoms with E-state index in [1.54, 1.807) is 4.68 Å². The summed E-state index contributed by atoms with van der Waals surface area (Å²) in [5.41, 5.74) is 2.60. The van der Waals surface area contributed by atoms with Crippen LogP contribution in [0, 0.1) is 13.8 Å². The largest absolute Gasteiger partial charge is 0.480 e. The van der Waals surface area contributed by atoms with Crippen LogP contribution in [0.15, 0.2) is 36.4 Å². The van der Waals surface area contributed by atoms with E-state index in [1.165, 1.54) is 4.90 Å². The third-order valence-electron chi connectivity index (χ3n) is 3.28. The molecule has 0 saturated carbocycles. The topological polar surface area (TPSA) is 75.4 Å². The number of rotatable bonds is 6. The Kier molecular flexibility index (Phi) is 4.93. The van der Waals surface area contributed by atoms with E-state index in [9.17, 15) is 9.59 Å². The van der Waals surface area contributed by atoms with Crippen LogP contribution in [0.3, 0.4) is 0 Å². The monoisotopic (exact) mass is 301 g/mol. The highest BCUT2D eigenvalue weighted by Crippen LogP contribution is 2.07. The highest BCUT2D eigenvalue weighted by Gasteiger charge is 2.18. The van der Waals surface area contributed by atoms with E-state index in [1.807, 2.05) is 50.2 Å². The van der Waals surface area contributed by atoms with Crippen molar-refractivity contribution in [3.05, 3.63) is 53.3 Å². The standard InChI is InChI=1S/C16H19N3O3/c1-12-8-13(2)19(17-12)10-15(20)18(11-16(21)22)9-14-6-4-3-5-7-14/h3-8H,9-11H2,1-2H3,(H,21,22). The average molecular weight is 301 g/mol. The Bertz CT molecular complexity index is 665. The summed E-state index contributed by atoms with van der Waals surface area (Å²) >= 11 is 0. The molecule has 0 spiro atoms. The fourth-order valence-corrected chi connectivity index (χ4v) is 2.26. The number of amides is 1. The van der Waals surface area contributed by atoms with Crippen LogP contribution in [0.1, 0.15) is 17.0 Å². The number of hydrogen-bond acceptors (Lipinski definition) is 3. The Balaban J connectivity index is 2.12. The van der Waals surface area contributed by atoms with E-state index < -0.39 is 5.97 Å². The number of carbonyl (C=O) groups is 2. The zero-order valence-electron chi connectivity index (χ0n) is 12.7. The van der Waals surface area contributed by atoms with E-state index in [2.05, 4.69) is 5.10 Å². The van der Waals surface area contributed by atoms with E-state index in [4.69, 9.17) is 5.11 Å². The SMILES string of the molecule is Cc1cc(C)n(CC(=O)N(CC(=O)O)Cc2ccccc2)n1. The Morgan fingerprint density at radius 2 is 1.91 bits per heavy atom. The first-order valence-electron chi connectivity index (χ1n) is 7.00. The molecule has 22 heavy (non-hydrogen) atoms. The van der Waals surface area contributed by atoms with Gasteiger partial charge in [0, 0.05) is 12.2 Å². The van der Waals surface area contributed by atoms with E-state index >= 15 is 0 Å². The summed E-state index contributed by atoms with van der Waals surface area (Å²) < 4.78 is 1.59. The fourth-order valence-electron chi connectivity index (χ4n) is 2.26. The lowest BCUT2D eigenvalue weighted by molar-refractivity contribution is -0.145. The molecule has 0 aliphatic rings. The predicted molar refractivity (Wildman–Crippen MR) is 81.2 cm³/mol. The van der Waals surface area contributed by atoms with Gasteiger partial charge in [0.1, 0.15) is 13.1 Å². The number of carboxylic acid groups (broad SMARTS) is 1. The minimum Gasteiger partial charge on any atom is -0.480 e. The average Bonchev–Trinajstić information content (AvgIpc) is 2.76. The second kappa shape index (κ2) is 6.89. The number of nitrogens with zero attached hydrogens (tertiary/aromatic N) is 3. The summed E-state index contributed by atoms with van der Waals surface area (Å²) in [4.78, 5) is 24.8. The van der Waals surface area contributed by atoms with Gasteiger partial charge in [0.2, 0.25) is 5.91 Å². The second-order valence-electron chi connectivity index (χ2n) is 5.21. The van der Waals surface area contributed by atoms with E-state index in [0.717, 1.165) is 17.0 Å². The van der Waals surface area contributed by atoms with Crippen LogP contribution in [0.2, 0.25) is 0 Å². The van der Waals surface area contributed by atoms with Gasteiger partial charge in [-0.1, -0.05) is 30.3 Å². The van der Waals surface area contributed by atoms with Gasteiger partial charge in [-0.2, -0.15) is 5.10 Å². The van der Waals surface area contributed by atoms with Gasteiger partial charge in [-0.3, -0.25) is 14.3 Å². The van der Waals surface area contributed by atoms with Gasteiger partial charge in [-0.25, -0.2) is 0 Å². The molecule has 0 bridgehead atoms. The number of carbonyl (C=O) groups excluding carboxylic acids is 1. The minimum absolute atomic E-state index is 0.0415. The molecule has 0 unspecified atom stereocenters. The van der Waals surface area contributed by atoms with Gasteiger partial charge >= 0.3 is 5.97 Å². The van der Waals surface area contributed by atoms with Crippen LogP contribution >= 0.6 is 0 Å². The number of benzene rings is 1. The molecule has 1 heterocycles. The molecule has 6 nitrogen and oxygen atoms in total. The first kappa shape index (κ1) is 15.8. The smallest absolute Gasteiger partial charge is 0.323 e. The van der Waals surface area contributed by atoms with Crippen molar-refractivity contribution in [3.63, 3.8) is 0 Å². The Hall–Kier alpha value is -2.63. The molecule has 0 saturated heterocycles. The zero-order valence-corrected chi connectivity index (χ0v) is 12.7. The Morgan fingerprint density at radius 1 is 1.23 bits per heavy atom. The summed E-state index contributed by atoms with van der Waals surface area (Å²) in [7, 11) is 0. The molecule has 2 aromatic rings. The van der Waals surface area contributed by atoms with Gasteiger partial charge in [0.15, 0.2) is 0 Å². The first-order chi connectivity index (χ1) is 10.5. The normalized spacial score (nSPS) is 10.5. The molecule has 1 aromatic heterocycles. The summed E-state index contributed by atoms with van der Waals surface area (Å²) in [6, 6.07) is 11.2. The maximum Gasteiger partial charge on any atom is 0.323 e. The summed E-state index contributed by atoms with van der Waals surface area (Å²) in [5.74, 6) is -1.30. The van der Waals surface area contributed by atoms with Gasteiger partial charge in [0.05, 0.1) is 5.69 Å². The van der Waals surface area contributed by atoms with Crippen molar-refractivity contribution in [1.29, 1.82) is 0 Å². The van der Waals surface area contributed by atoms with Gasteiger partial charge in [-0.15, -0.1) is 0 Å². The molecule has 0 radical (unpaired) electrons. The number of aryl methyl sites for hydroxylation is 2. The third kappa shape index (κ3) is 4.18. The molecule has 0 aliphatic heterocycles. The first-order valence-corrected chi connectivity index (χ1v) is 7.00. The fraction of sp³-hybridized carbons (Fsp3) is 0.312. The lowest BCUT2D eigenvalue weighted by atomic mass is 10.2. The maximum atomic E-state index is 12.4. The molecule has 1 aromatic carbocycles. The van der Waals surface area contributed by atoms with Crippen molar-refractivity contribution in [2.45, 2.75) is 26.9 Å². The number of aliphatic carboxylic acids is 1. The molecule has 0 aliphatic carbocycles. The molecule has 0 atom stereocenters. The van der Waals surface area contributed by atoms with Crippen LogP contribution in [-0.2, 0) is 22.7 Å². The molecule has 1 N–H and O–H groups in total. The van der Waals surface area contributed by atoms with Crippen LogP contribution in [-0.4, -0.2) is 38.2 Å². The van der Waals surface area contributed by atoms with Crippen molar-refractivity contribution in [1.82, 2.24) is 14.7 Å². The van der Waals surface area contributed by atoms with Gasteiger partial charge < -0.3 is 10.0 Å². The molecule has 116 valence electrons. The van der Waals surface area contributed by atoms with Crippen molar-refractivity contribution in [2.24, 2.45) is 0 Å². The molecule has 2 rings (SSSR count). The third-order valence-corrected chi connectivity index (χ3v) is 3.28. The number of hydrogen-bond donors (Lipinski definition) is 1. The Labute approximate surface area is 129 Å². The minimum atomic E-state index is -1.03. The highest BCUT2D eigenvalue weighted by atomic mass is 16.4. The Morgan fingerprint density at radius 3 is 2.45 bits per heavy atom. The van der Waals surface area contributed by atoms with Gasteiger partial charge in [-0.05, 0) is 25.5 Å². The molecule has 0 fully saturated rings. The molecule has 1 amide bonds. The summed E-state index contributed by atoms with van der Waals surface area (Å²) in [6.45, 7) is 3.71. The lowest BCUT2D eigenvalue weighted by Gasteiger charge is -2.21. The van der Waals surface area contributed by atoms with Crippen LogP contribution in [0.25, 0.3) is 0 Å². The number of aromatic nitrogens is 2. The van der Waals surface area contributed by atoms with Crippen molar-refractivity contribution < 1.29 is 14.7 Å². The predicted octanol–water partition coefficient (Wildman–Crippen LogP) is 1.61. The van der Waals surface area contributed by atoms with E-state index in [-0.39, 0.29) is 25.5 Å². The molecular formula is C16H19N3O3. The van der Waals surface area contributed by atoms with Crippen LogP contribution in [0.5, 0.6) is 0 Å². The van der Waals surface area contributed by atoms with Crippen LogP contribution in [0.4, 0.5) is 0 Å². The van der Waals surface area contributed by atoms with Crippen molar-refractivity contribution in [2.75, 3.05) is 6.54 Å². The quantitative estimate of drug-likeness (QED) is 0.879. The van der Waals surface area contributed by atoms with Gasteiger partial charge in [0.25, 0.3) is 0 Å². The maximum absolute atomic E-state index is 12.4. The summed E-state index contributed by atoms with van der Waals surface area (Å²) in [5, 5.41) is 13.3. The number of carboxylic acids is 1. The van der Waals surface area contributed by atoms with Crippen molar-refractivity contribution >= 4 is 11.9 Å². The molecular weight excluding hydrogens is 282 g/mol. The summed E-state index contributed by atoms with van der Waals surface area (Å²) in [6.07, 6.45) is 0. The second-order valence-corrected chi connectivity index (χ2v) is 5.21. The van der Waals surface area contributed by atoms with Crippen LogP contribution < -0.4 is 0 Å². The highest BCUT2D eigenvalue weighted by molar-refractivity contribution is 5.81.